The summed E-state index contributed by atoms with van der Waals surface area (Å²) in [5.41, 5.74) is 5.12. The number of nitrogen functional groups attached to an aromatic ring is 1. The van der Waals surface area contributed by atoms with Crippen LogP contribution in [0.15, 0.2) is 16.0 Å². The van der Waals surface area contributed by atoms with E-state index < -0.39 is 0 Å². The number of nitrogens with one attached hydrogen (secondary N) is 1. The third-order valence-electron chi connectivity index (χ3n) is 1.73. The number of methoxy groups -OCH3 is 1. The van der Waals surface area contributed by atoms with Crippen LogP contribution in [0.2, 0.25) is 0 Å². The van der Waals surface area contributed by atoms with E-state index >= 15 is 0 Å². The van der Waals surface area contributed by atoms with Gasteiger partial charge in [-0.25, -0.2) is 4.98 Å². The molecular formula is C9H13N3O3S. The van der Waals surface area contributed by atoms with E-state index in [2.05, 4.69) is 14.7 Å². The van der Waals surface area contributed by atoms with Gasteiger partial charge < -0.3 is 15.5 Å². The number of carbonyl (C=O) groups excluding carboxylic acids is 1. The number of nitrogens with zero attached hydrogens (tertiary/aromatic N) is 1. The fourth-order valence-corrected chi connectivity index (χ4v) is 1.98. The zero-order chi connectivity index (χ0) is 12.1. The Hall–Kier alpha value is -1.50. The van der Waals surface area contributed by atoms with Crippen LogP contribution in [-0.4, -0.2) is 28.3 Å². The summed E-state index contributed by atoms with van der Waals surface area (Å²) in [5.74, 6) is -0.136. The first-order valence-electron chi connectivity index (χ1n) is 4.61. The van der Waals surface area contributed by atoms with Gasteiger partial charge in [-0.3, -0.25) is 9.59 Å². The van der Waals surface area contributed by atoms with E-state index in [0.717, 1.165) is 0 Å². The topological polar surface area (TPSA) is 98.1 Å². The Morgan fingerprint density at radius 3 is 3.00 bits per heavy atom. The standard InChI is InChI=1S/C9H13N3O3S/c1-5(3-8(14)15-2)16-9-11-6(10)4-7(13)12-9/h4-5H,3H2,1-2H3,(H3,10,11,12,13). The van der Waals surface area contributed by atoms with E-state index in [1.54, 1.807) is 0 Å². The average molecular weight is 243 g/mol. The summed E-state index contributed by atoms with van der Waals surface area (Å²) in [6.45, 7) is 1.84. The molecule has 3 N–H and O–H groups in total. The van der Waals surface area contributed by atoms with Crippen molar-refractivity contribution in [1.29, 1.82) is 0 Å². The number of aromatic amines is 1. The van der Waals surface area contributed by atoms with Crippen molar-refractivity contribution >= 4 is 23.5 Å². The van der Waals surface area contributed by atoms with Gasteiger partial charge in [0.2, 0.25) is 0 Å². The van der Waals surface area contributed by atoms with Gasteiger partial charge in [-0.15, -0.1) is 0 Å². The van der Waals surface area contributed by atoms with Gasteiger partial charge in [0.1, 0.15) is 5.82 Å². The molecule has 0 spiro atoms. The van der Waals surface area contributed by atoms with Gasteiger partial charge in [0.05, 0.1) is 13.5 Å². The fraction of sp³-hybridized carbons (Fsp3) is 0.444. The van der Waals surface area contributed by atoms with E-state index in [1.165, 1.54) is 24.9 Å². The SMILES string of the molecule is COC(=O)CC(C)Sc1nc(N)cc(=O)[nH]1. The molecule has 1 aromatic heterocycles. The lowest BCUT2D eigenvalue weighted by molar-refractivity contribution is -0.140. The molecule has 0 aliphatic rings. The maximum absolute atomic E-state index is 11.1. The summed E-state index contributed by atoms with van der Waals surface area (Å²) in [6.07, 6.45) is 0.250. The van der Waals surface area contributed by atoms with Crippen molar-refractivity contribution < 1.29 is 9.53 Å². The Morgan fingerprint density at radius 2 is 2.44 bits per heavy atom. The number of nitrogens with two attached hydrogens (primary N) is 1. The number of esters is 1. The minimum Gasteiger partial charge on any atom is -0.469 e. The number of hydrogen-bond donors (Lipinski definition) is 2. The van der Waals surface area contributed by atoms with Crippen LogP contribution in [0.4, 0.5) is 5.82 Å². The molecule has 0 saturated heterocycles. The van der Waals surface area contributed by atoms with E-state index in [9.17, 15) is 9.59 Å². The van der Waals surface area contributed by atoms with Gasteiger partial charge in [-0.05, 0) is 0 Å². The molecule has 0 bridgehead atoms. The van der Waals surface area contributed by atoms with Crippen LogP contribution in [0, 0.1) is 0 Å². The molecule has 16 heavy (non-hydrogen) atoms. The summed E-state index contributed by atoms with van der Waals surface area (Å²) < 4.78 is 4.54. The monoisotopic (exact) mass is 243 g/mol. The maximum Gasteiger partial charge on any atom is 0.306 e. The van der Waals surface area contributed by atoms with Gasteiger partial charge in [0.25, 0.3) is 5.56 Å². The van der Waals surface area contributed by atoms with Crippen molar-refractivity contribution in [3.8, 4) is 0 Å². The van der Waals surface area contributed by atoms with Crippen LogP contribution in [0.3, 0.4) is 0 Å². The number of aromatic nitrogens is 2. The van der Waals surface area contributed by atoms with Crippen LogP contribution in [0.1, 0.15) is 13.3 Å². The minimum atomic E-state index is -0.305. The molecule has 1 rings (SSSR count). The highest BCUT2D eigenvalue weighted by Crippen LogP contribution is 2.21. The van der Waals surface area contributed by atoms with E-state index in [4.69, 9.17) is 5.73 Å². The predicted molar refractivity (Wildman–Crippen MR) is 61.2 cm³/mol. The Kier molecular flexibility index (Phi) is 4.36. The fourth-order valence-electron chi connectivity index (χ4n) is 1.06. The highest BCUT2D eigenvalue weighted by Gasteiger charge is 2.12. The first-order valence-corrected chi connectivity index (χ1v) is 5.49. The van der Waals surface area contributed by atoms with Gasteiger partial charge in [-0.2, -0.15) is 0 Å². The molecular weight excluding hydrogens is 230 g/mol. The van der Waals surface area contributed by atoms with Crippen molar-refractivity contribution in [3.05, 3.63) is 16.4 Å². The second kappa shape index (κ2) is 5.55. The third kappa shape index (κ3) is 3.93. The molecule has 88 valence electrons. The smallest absolute Gasteiger partial charge is 0.306 e. The first-order chi connectivity index (χ1) is 7.51. The number of carbonyl (C=O) groups is 1. The molecule has 7 heteroatoms. The lowest BCUT2D eigenvalue weighted by Crippen LogP contribution is -2.13. The molecule has 0 fully saturated rings. The number of hydrogen-bond acceptors (Lipinski definition) is 6. The summed E-state index contributed by atoms with van der Waals surface area (Å²) in [5, 5.41) is 0.360. The lowest BCUT2D eigenvalue weighted by Gasteiger charge is -2.08. The van der Waals surface area contributed by atoms with Crippen molar-refractivity contribution in [1.82, 2.24) is 9.97 Å². The highest BCUT2D eigenvalue weighted by molar-refractivity contribution is 7.99. The quantitative estimate of drug-likeness (QED) is 0.451. The van der Waals surface area contributed by atoms with E-state index in [0.29, 0.717) is 5.16 Å². The van der Waals surface area contributed by atoms with Gasteiger partial charge in [0.15, 0.2) is 5.16 Å². The predicted octanol–water partition coefficient (Wildman–Crippen LogP) is 0.396. The van der Waals surface area contributed by atoms with Crippen LogP contribution in [-0.2, 0) is 9.53 Å². The average Bonchev–Trinajstić information content (AvgIpc) is 2.15. The van der Waals surface area contributed by atoms with E-state index in [-0.39, 0.29) is 29.0 Å². The van der Waals surface area contributed by atoms with Crippen LogP contribution < -0.4 is 11.3 Å². The van der Waals surface area contributed by atoms with Crippen LogP contribution in [0.25, 0.3) is 0 Å². The number of thioether (sulfide) groups is 1. The Bertz CT molecular complexity index is 432. The van der Waals surface area contributed by atoms with Crippen molar-refractivity contribution in [3.63, 3.8) is 0 Å². The molecule has 1 unspecified atom stereocenters. The molecule has 0 aromatic carbocycles. The van der Waals surface area contributed by atoms with Gasteiger partial charge >= 0.3 is 5.97 Å². The summed E-state index contributed by atoms with van der Waals surface area (Å²) in [7, 11) is 1.33. The zero-order valence-electron chi connectivity index (χ0n) is 9.02. The van der Waals surface area contributed by atoms with Crippen LogP contribution >= 0.6 is 11.8 Å². The Morgan fingerprint density at radius 1 is 1.75 bits per heavy atom. The van der Waals surface area contributed by atoms with Gasteiger partial charge in [0, 0.05) is 11.3 Å². The van der Waals surface area contributed by atoms with E-state index in [1.807, 2.05) is 6.92 Å². The first kappa shape index (κ1) is 12.6. The lowest BCUT2D eigenvalue weighted by atomic mass is 10.3. The zero-order valence-corrected chi connectivity index (χ0v) is 9.84. The Balaban J connectivity index is 2.65. The molecule has 0 saturated carbocycles. The van der Waals surface area contributed by atoms with Gasteiger partial charge in [-0.1, -0.05) is 18.7 Å². The summed E-state index contributed by atoms with van der Waals surface area (Å²) >= 11 is 1.27. The summed E-state index contributed by atoms with van der Waals surface area (Å²) in [4.78, 5) is 28.6. The molecule has 1 atom stereocenters. The number of anilines is 1. The molecule has 6 nitrogen and oxygen atoms in total. The number of H-pyrrole nitrogens is 1. The second-order valence-corrected chi connectivity index (χ2v) is 4.61. The third-order valence-corrected chi connectivity index (χ3v) is 2.72. The molecule has 1 heterocycles. The largest absolute Gasteiger partial charge is 0.469 e. The number of ether oxygens (including phenoxy) is 1. The summed E-state index contributed by atoms with van der Waals surface area (Å²) in [6, 6.07) is 1.20. The van der Waals surface area contributed by atoms with Crippen molar-refractivity contribution in [2.75, 3.05) is 12.8 Å². The minimum absolute atomic E-state index is 0.0441. The molecule has 0 amide bonds. The molecule has 1 aromatic rings. The number of rotatable bonds is 4. The Labute approximate surface area is 96.6 Å². The van der Waals surface area contributed by atoms with Crippen molar-refractivity contribution in [2.45, 2.75) is 23.8 Å². The normalized spacial score (nSPS) is 12.1. The highest BCUT2D eigenvalue weighted by atomic mass is 32.2. The molecule has 0 aliphatic carbocycles. The van der Waals surface area contributed by atoms with Crippen LogP contribution in [0.5, 0.6) is 0 Å². The van der Waals surface area contributed by atoms with Crippen molar-refractivity contribution in [2.24, 2.45) is 0 Å². The maximum atomic E-state index is 11.1. The molecule has 0 radical (unpaired) electrons. The second-order valence-electron chi connectivity index (χ2n) is 3.18. The molecule has 0 aliphatic heterocycles.